The molecule has 1 rings (SSSR count). The first-order valence-electron chi connectivity index (χ1n) is 3.28. The molecule has 0 bridgehead atoms. The molecular weight excluding hydrogens is 181 g/mol. The monoisotopic (exact) mass is 187 g/mol. The van der Waals surface area contributed by atoms with Crippen LogP contribution in [0.1, 0.15) is 10.4 Å². The van der Waals surface area contributed by atoms with E-state index in [4.69, 9.17) is 10.3 Å². The van der Waals surface area contributed by atoms with Crippen LogP contribution in [0.2, 0.25) is 0 Å². The topological polar surface area (TPSA) is 80.6 Å². The summed E-state index contributed by atoms with van der Waals surface area (Å²) < 4.78 is 12.4. The van der Waals surface area contributed by atoms with E-state index in [1.54, 1.807) is 0 Å². The summed E-state index contributed by atoms with van der Waals surface area (Å²) in [6.45, 7) is 0. The van der Waals surface area contributed by atoms with Crippen LogP contribution in [0.3, 0.4) is 0 Å². The third kappa shape index (κ3) is 2.00. The Kier molecular flexibility index (Phi) is 2.28. The number of hydrogen-bond acceptors (Lipinski definition) is 3. The standard InChI is InChI=1S/C7H6FNO4/c8-9(12,13)6-4-2-1-3-5(6)7(10)11/h1-4,12H,(H,10,11). The molecule has 2 N–H and O–H groups in total. The third-order valence-corrected chi connectivity index (χ3v) is 1.43. The summed E-state index contributed by atoms with van der Waals surface area (Å²) in [6, 6.07) is 4.50. The van der Waals surface area contributed by atoms with Gasteiger partial charge in [0.1, 0.15) is 5.56 Å². The number of carboxylic acids is 1. The maximum Gasteiger partial charge on any atom is 0.342 e. The Balaban J connectivity index is 3.28. The minimum atomic E-state index is -3.23. The number of aromatic carboxylic acids is 1. The van der Waals surface area contributed by atoms with E-state index in [0.29, 0.717) is 0 Å². The summed E-state index contributed by atoms with van der Waals surface area (Å²) >= 11 is 0. The molecule has 0 aliphatic rings. The van der Waals surface area contributed by atoms with Crippen molar-refractivity contribution in [3.63, 3.8) is 0 Å². The van der Waals surface area contributed by atoms with Gasteiger partial charge in [-0.3, -0.25) is 0 Å². The smallest absolute Gasteiger partial charge is 0.342 e. The molecule has 0 aliphatic heterocycles. The van der Waals surface area contributed by atoms with Gasteiger partial charge in [-0.25, -0.2) is 4.79 Å². The Labute approximate surface area is 72.3 Å². The molecular formula is C7H6FNO4. The molecule has 0 saturated carbocycles. The molecule has 0 saturated heterocycles. The number of carbonyl (C=O) groups is 1. The summed E-state index contributed by atoms with van der Waals surface area (Å²) in [7, 11) is 0. The van der Waals surface area contributed by atoms with Crippen LogP contribution < -0.4 is 5.03 Å². The Hall–Kier alpha value is -1.50. The molecule has 0 spiro atoms. The van der Waals surface area contributed by atoms with Gasteiger partial charge in [-0.15, -0.1) is 0 Å². The second kappa shape index (κ2) is 3.09. The van der Waals surface area contributed by atoms with E-state index in [1.165, 1.54) is 12.1 Å². The van der Waals surface area contributed by atoms with Crippen LogP contribution in [0.15, 0.2) is 24.3 Å². The predicted octanol–water partition coefficient (Wildman–Crippen LogP) is 1.46. The van der Waals surface area contributed by atoms with Crippen molar-refractivity contribution in [2.45, 2.75) is 0 Å². The van der Waals surface area contributed by atoms with E-state index in [-0.39, 0.29) is 0 Å². The van der Waals surface area contributed by atoms with Crippen molar-refractivity contribution >= 4 is 11.7 Å². The highest BCUT2D eigenvalue weighted by molar-refractivity contribution is 5.93. The summed E-state index contributed by atoms with van der Waals surface area (Å²) in [5.74, 6) is -1.47. The number of halogens is 1. The van der Waals surface area contributed by atoms with Gasteiger partial charge < -0.3 is 10.3 Å². The molecule has 0 aliphatic carbocycles. The molecule has 70 valence electrons. The maximum absolute atomic E-state index is 12.4. The van der Waals surface area contributed by atoms with E-state index in [9.17, 15) is 14.5 Å². The number of para-hydroxylation sites is 1. The second-order valence-corrected chi connectivity index (χ2v) is 2.32. The van der Waals surface area contributed by atoms with Gasteiger partial charge in [0.05, 0.1) is 0 Å². The predicted molar refractivity (Wildman–Crippen MR) is 41.5 cm³/mol. The minimum absolute atomic E-state index is 0.567. The van der Waals surface area contributed by atoms with Crippen LogP contribution in [0.5, 0.6) is 0 Å². The molecule has 0 aromatic heterocycles. The number of benzene rings is 1. The molecule has 13 heavy (non-hydrogen) atoms. The summed E-state index contributed by atoms with van der Waals surface area (Å²) in [6.07, 6.45) is 0. The molecule has 1 atom stereocenters. The molecule has 1 unspecified atom stereocenters. The van der Waals surface area contributed by atoms with Gasteiger partial charge >= 0.3 is 5.97 Å². The van der Waals surface area contributed by atoms with Crippen molar-refractivity contribution in [3.8, 4) is 0 Å². The zero-order chi connectivity index (χ0) is 10.1. The van der Waals surface area contributed by atoms with Gasteiger partial charge in [0, 0.05) is 15.6 Å². The largest absolute Gasteiger partial charge is 0.553 e. The average molecular weight is 187 g/mol. The van der Waals surface area contributed by atoms with Crippen LogP contribution in [-0.4, -0.2) is 16.3 Å². The number of carboxylic acid groups (broad SMARTS) is 1. The van der Waals surface area contributed by atoms with Crippen molar-refractivity contribution in [3.05, 3.63) is 35.0 Å². The average Bonchev–Trinajstić information content (AvgIpc) is 2.03. The third-order valence-electron chi connectivity index (χ3n) is 1.43. The van der Waals surface area contributed by atoms with Crippen molar-refractivity contribution in [1.29, 1.82) is 0 Å². The lowest BCUT2D eigenvalue weighted by Gasteiger charge is -2.19. The quantitative estimate of drug-likeness (QED) is 0.542. The SMILES string of the molecule is O=C(O)c1ccccc1[N+]([O-])(O)F. The van der Waals surface area contributed by atoms with Gasteiger partial charge in [0.25, 0.3) is 0 Å². The Bertz CT molecular complexity index is 334. The molecule has 0 fully saturated rings. The number of rotatable bonds is 2. The van der Waals surface area contributed by atoms with E-state index in [2.05, 4.69) is 0 Å². The van der Waals surface area contributed by atoms with Crippen LogP contribution in [-0.2, 0) is 0 Å². The Morgan fingerprint density at radius 3 is 2.38 bits per heavy atom. The minimum Gasteiger partial charge on any atom is -0.553 e. The van der Waals surface area contributed by atoms with E-state index < -0.39 is 22.3 Å². The highest BCUT2D eigenvalue weighted by Gasteiger charge is 2.25. The van der Waals surface area contributed by atoms with E-state index in [0.717, 1.165) is 12.1 Å². The molecule has 5 nitrogen and oxygen atoms in total. The van der Waals surface area contributed by atoms with Gasteiger partial charge in [-0.1, -0.05) is 12.1 Å². The van der Waals surface area contributed by atoms with Crippen molar-refractivity contribution in [2.75, 3.05) is 0 Å². The summed E-state index contributed by atoms with van der Waals surface area (Å²) in [5, 5.41) is 24.0. The fraction of sp³-hybridized carbons (Fsp3) is 0. The van der Waals surface area contributed by atoms with Crippen molar-refractivity contribution < 1.29 is 19.6 Å². The molecule has 1 aromatic rings. The molecule has 0 amide bonds. The first-order valence-corrected chi connectivity index (χ1v) is 3.28. The fourth-order valence-corrected chi connectivity index (χ4v) is 0.895. The molecule has 6 heteroatoms. The maximum atomic E-state index is 12.4. The summed E-state index contributed by atoms with van der Waals surface area (Å²) in [5.41, 5.74) is -1.42. The lowest BCUT2D eigenvalue weighted by Crippen LogP contribution is -2.29. The molecule has 1 aromatic carbocycles. The van der Waals surface area contributed by atoms with Gasteiger partial charge in [-0.05, 0) is 6.07 Å². The number of nitrogens with zero attached hydrogens (tertiary/aromatic N) is 1. The first kappa shape index (κ1) is 9.59. The highest BCUT2D eigenvalue weighted by Crippen LogP contribution is 2.24. The van der Waals surface area contributed by atoms with Gasteiger partial charge in [0.2, 0.25) is 5.69 Å². The Morgan fingerprint density at radius 1 is 1.46 bits per heavy atom. The van der Waals surface area contributed by atoms with Crippen molar-refractivity contribution in [1.82, 2.24) is 5.03 Å². The lowest BCUT2D eigenvalue weighted by molar-refractivity contribution is -0.179. The summed E-state index contributed by atoms with van der Waals surface area (Å²) in [4.78, 5) is 10.4. The number of quaternary nitrogens is 1. The normalized spacial score (nSPS) is 15.0. The van der Waals surface area contributed by atoms with E-state index >= 15 is 0 Å². The zero-order valence-electron chi connectivity index (χ0n) is 6.35. The highest BCUT2D eigenvalue weighted by atomic mass is 19.2. The van der Waals surface area contributed by atoms with Gasteiger partial charge in [0.15, 0.2) is 0 Å². The number of hydrogen-bond donors (Lipinski definition) is 2. The van der Waals surface area contributed by atoms with E-state index in [1.807, 2.05) is 0 Å². The van der Waals surface area contributed by atoms with Crippen LogP contribution in [0.25, 0.3) is 0 Å². The Morgan fingerprint density at radius 2 is 2.00 bits per heavy atom. The molecule has 0 radical (unpaired) electrons. The second-order valence-electron chi connectivity index (χ2n) is 2.32. The fourth-order valence-electron chi connectivity index (χ4n) is 0.895. The first-order chi connectivity index (χ1) is 5.93. The van der Waals surface area contributed by atoms with Gasteiger partial charge in [-0.2, -0.15) is 5.21 Å². The van der Waals surface area contributed by atoms with Crippen LogP contribution in [0.4, 0.5) is 10.2 Å². The molecule has 0 heterocycles. The zero-order valence-corrected chi connectivity index (χ0v) is 6.35. The van der Waals surface area contributed by atoms with Crippen molar-refractivity contribution in [2.24, 2.45) is 0 Å². The lowest BCUT2D eigenvalue weighted by atomic mass is 10.2. The van der Waals surface area contributed by atoms with Crippen LogP contribution in [0, 0.1) is 5.21 Å². The van der Waals surface area contributed by atoms with Crippen LogP contribution >= 0.6 is 0 Å².